The number of fused-ring (bicyclic) bond motifs is 17. The van der Waals surface area contributed by atoms with Gasteiger partial charge in [-0.05, 0) is 128 Å². The predicted molar refractivity (Wildman–Crippen MR) is 224 cm³/mol. The van der Waals surface area contributed by atoms with Gasteiger partial charge in [-0.25, -0.2) is 0 Å². The quantitative estimate of drug-likeness (QED) is 0.161. The van der Waals surface area contributed by atoms with E-state index in [4.69, 9.17) is 0 Å². The van der Waals surface area contributed by atoms with Crippen molar-refractivity contribution in [3.8, 4) is 44.5 Å². The molecule has 0 radical (unpaired) electrons. The molecule has 0 N–H and O–H groups in total. The first-order valence-corrected chi connectivity index (χ1v) is 18.6. The molecule has 0 aromatic heterocycles. The van der Waals surface area contributed by atoms with Crippen LogP contribution in [-0.4, -0.2) is 0 Å². The van der Waals surface area contributed by atoms with Gasteiger partial charge in [0.15, 0.2) is 0 Å². The molecule has 2 aliphatic carbocycles. The van der Waals surface area contributed by atoms with Gasteiger partial charge in [-0.1, -0.05) is 176 Å². The summed E-state index contributed by atoms with van der Waals surface area (Å²) in [7, 11) is 0. The maximum absolute atomic E-state index is 2.56. The highest BCUT2D eigenvalue weighted by Gasteiger charge is 2.51. The Morgan fingerprint density at radius 1 is 0.208 bits per heavy atom. The molecule has 10 aromatic rings. The van der Waals surface area contributed by atoms with Crippen LogP contribution in [0.4, 0.5) is 0 Å². The Kier molecular flexibility index (Phi) is 5.80. The molecule has 0 nitrogen and oxygen atoms in total. The fourth-order valence-corrected chi connectivity index (χ4v) is 10.1. The topological polar surface area (TPSA) is 0 Å². The van der Waals surface area contributed by atoms with Gasteiger partial charge in [0, 0.05) is 0 Å². The average Bonchev–Trinajstić information content (AvgIpc) is 3.69. The van der Waals surface area contributed by atoms with E-state index in [1.54, 1.807) is 0 Å². The molecule has 0 bridgehead atoms. The third-order valence-corrected chi connectivity index (χ3v) is 12.3. The molecule has 0 atom stereocenters. The van der Waals surface area contributed by atoms with Crippen molar-refractivity contribution in [1.29, 1.82) is 0 Å². The van der Waals surface area contributed by atoms with Crippen LogP contribution in [0.5, 0.6) is 0 Å². The van der Waals surface area contributed by atoms with E-state index in [9.17, 15) is 0 Å². The number of hydrogen-bond donors (Lipinski definition) is 0. The summed E-state index contributed by atoms with van der Waals surface area (Å²) in [5, 5.41) is 10.4. The van der Waals surface area contributed by atoms with Gasteiger partial charge in [0.05, 0.1) is 5.41 Å². The predicted octanol–water partition coefficient (Wildman–Crippen LogP) is 14.0. The van der Waals surface area contributed by atoms with Gasteiger partial charge in [-0.15, -0.1) is 0 Å². The van der Waals surface area contributed by atoms with Gasteiger partial charge in [-0.2, -0.15) is 0 Å². The molecule has 0 heterocycles. The molecule has 0 heteroatoms. The van der Waals surface area contributed by atoms with Gasteiger partial charge in [-0.3, -0.25) is 0 Å². The van der Waals surface area contributed by atoms with Crippen LogP contribution >= 0.6 is 0 Å². The van der Waals surface area contributed by atoms with Crippen LogP contribution in [0.3, 0.4) is 0 Å². The molecule has 0 saturated heterocycles. The van der Waals surface area contributed by atoms with Crippen molar-refractivity contribution in [3.63, 3.8) is 0 Å². The van der Waals surface area contributed by atoms with Crippen molar-refractivity contribution in [3.05, 3.63) is 216 Å². The molecule has 0 saturated carbocycles. The van der Waals surface area contributed by atoms with Gasteiger partial charge in [0.2, 0.25) is 0 Å². The zero-order valence-electron chi connectivity index (χ0n) is 29.0. The van der Waals surface area contributed by atoms with E-state index in [1.807, 2.05) is 0 Å². The Balaban J connectivity index is 1.20. The van der Waals surface area contributed by atoms with Crippen molar-refractivity contribution in [2.24, 2.45) is 0 Å². The lowest BCUT2D eigenvalue weighted by atomic mass is 9.70. The molecule has 0 fully saturated rings. The number of hydrogen-bond acceptors (Lipinski definition) is 0. The third kappa shape index (κ3) is 3.75. The summed E-state index contributed by atoms with van der Waals surface area (Å²) < 4.78 is 0. The van der Waals surface area contributed by atoms with E-state index < -0.39 is 5.41 Å². The van der Waals surface area contributed by atoms with Crippen molar-refractivity contribution >= 4 is 43.1 Å². The van der Waals surface area contributed by atoms with Crippen LogP contribution in [0.1, 0.15) is 22.3 Å². The van der Waals surface area contributed by atoms with Gasteiger partial charge in [0.1, 0.15) is 0 Å². The van der Waals surface area contributed by atoms with Crippen LogP contribution in [0, 0.1) is 0 Å². The highest BCUT2D eigenvalue weighted by Crippen LogP contribution is 2.64. The second-order valence-electron chi connectivity index (χ2n) is 14.7. The molecule has 2 aliphatic rings. The monoisotopic (exact) mass is 668 g/mol. The Morgan fingerprint density at radius 3 is 1.25 bits per heavy atom. The second-order valence-corrected chi connectivity index (χ2v) is 14.7. The van der Waals surface area contributed by atoms with Gasteiger partial charge in [0.25, 0.3) is 0 Å². The van der Waals surface area contributed by atoms with Crippen LogP contribution in [-0.2, 0) is 5.41 Å². The first-order valence-electron chi connectivity index (χ1n) is 18.6. The smallest absolute Gasteiger partial charge is 0.0622 e. The van der Waals surface area contributed by atoms with E-state index in [0.29, 0.717) is 0 Å². The lowest BCUT2D eigenvalue weighted by molar-refractivity contribution is 0.795. The van der Waals surface area contributed by atoms with Gasteiger partial charge < -0.3 is 0 Å². The van der Waals surface area contributed by atoms with E-state index >= 15 is 0 Å². The second kappa shape index (κ2) is 10.6. The van der Waals surface area contributed by atoms with Crippen molar-refractivity contribution in [1.82, 2.24) is 0 Å². The normalized spacial score (nSPS) is 13.4. The third-order valence-electron chi connectivity index (χ3n) is 12.3. The summed E-state index contributed by atoms with van der Waals surface area (Å²) in [6, 6.07) is 72.8. The molecule has 0 unspecified atom stereocenters. The van der Waals surface area contributed by atoms with Crippen LogP contribution in [0.2, 0.25) is 0 Å². The Morgan fingerprint density at radius 2 is 0.642 bits per heavy atom. The minimum Gasteiger partial charge on any atom is -0.0622 e. The molecule has 53 heavy (non-hydrogen) atoms. The maximum Gasteiger partial charge on any atom is 0.0725 e. The molecule has 0 amide bonds. The van der Waals surface area contributed by atoms with Crippen LogP contribution < -0.4 is 0 Å². The van der Waals surface area contributed by atoms with E-state index in [1.165, 1.54) is 110 Å². The summed E-state index contributed by atoms with van der Waals surface area (Å²) in [6.45, 7) is 0. The fraction of sp³-hybridized carbons (Fsp3) is 0.0189. The molecular weight excluding hydrogens is 637 g/mol. The molecule has 244 valence electrons. The highest BCUT2D eigenvalue weighted by atomic mass is 14.5. The lowest BCUT2D eigenvalue weighted by Gasteiger charge is -2.31. The Labute approximate surface area is 308 Å². The molecule has 0 aliphatic heterocycles. The molecule has 12 rings (SSSR count). The van der Waals surface area contributed by atoms with Gasteiger partial charge >= 0.3 is 0 Å². The largest absolute Gasteiger partial charge is 0.0725 e. The SMILES string of the molecule is c1ccc(-c2ccc(-c3ccc4c(c3)-c3cc5c6ccccc6c6ccccc6c5cc3C43c4ccccc4-c4ccccc43)c3ccccc23)cc1. The molecule has 10 aromatic carbocycles. The lowest BCUT2D eigenvalue weighted by Crippen LogP contribution is -2.25. The highest BCUT2D eigenvalue weighted by molar-refractivity contribution is 6.26. The number of benzene rings is 10. The van der Waals surface area contributed by atoms with Crippen molar-refractivity contribution < 1.29 is 0 Å². The zero-order chi connectivity index (χ0) is 34.7. The molecular formula is C53H32. The number of rotatable bonds is 2. The Hall–Kier alpha value is -6.76. The fourth-order valence-electron chi connectivity index (χ4n) is 10.1. The first-order chi connectivity index (χ1) is 26.3. The standard InChI is InChI=1S/C53H32/c1-2-14-33(15-3-1)35-27-28-36(38-17-5-4-16-37(35)38)34-26-29-51-47(30-34)48-31-45-41-20-8-6-18-39(41)40-19-7-9-21-42(40)46(45)32-52(48)53(51)49-24-12-10-22-43(49)44-23-11-13-25-50(44)53/h1-32H. The summed E-state index contributed by atoms with van der Waals surface area (Å²) in [5.41, 5.74) is 15.4. The van der Waals surface area contributed by atoms with E-state index in [0.717, 1.165) is 0 Å². The maximum atomic E-state index is 2.56. The summed E-state index contributed by atoms with van der Waals surface area (Å²) >= 11 is 0. The minimum atomic E-state index is -0.420. The first kappa shape index (κ1) is 28.9. The zero-order valence-corrected chi connectivity index (χ0v) is 29.0. The summed E-state index contributed by atoms with van der Waals surface area (Å²) in [4.78, 5) is 0. The van der Waals surface area contributed by atoms with Crippen molar-refractivity contribution in [2.75, 3.05) is 0 Å². The van der Waals surface area contributed by atoms with E-state index in [-0.39, 0.29) is 0 Å². The average molecular weight is 669 g/mol. The Bertz CT molecular complexity index is 3120. The van der Waals surface area contributed by atoms with Crippen LogP contribution in [0.15, 0.2) is 194 Å². The van der Waals surface area contributed by atoms with Crippen molar-refractivity contribution in [2.45, 2.75) is 5.41 Å². The summed E-state index contributed by atoms with van der Waals surface area (Å²) in [6.07, 6.45) is 0. The molecule has 1 spiro atoms. The van der Waals surface area contributed by atoms with Crippen LogP contribution in [0.25, 0.3) is 87.6 Å². The summed E-state index contributed by atoms with van der Waals surface area (Å²) in [5.74, 6) is 0. The van der Waals surface area contributed by atoms with E-state index in [2.05, 4.69) is 194 Å². The minimum absolute atomic E-state index is 0.420.